The summed E-state index contributed by atoms with van der Waals surface area (Å²) in [6, 6.07) is 15.6. The highest BCUT2D eigenvalue weighted by atomic mass is 32.2. The van der Waals surface area contributed by atoms with E-state index in [1.54, 1.807) is 13.1 Å². The number of likely N-dealkylation sites (N-methyl/N-ethyl adjacent to an activating group) is 1. The van der Waals surface area contributed by atoms with E-state index in [0.717, 1.165) is 49.4 Å². The molecule has 204 valence electrons. The quantitative estimate of drug-likeness (QED) is 0.355. The molecule has 0 aliphatic carbocycles. The number of hydrogen-bond acceptors (Lipinski definition) is 8. The highest BCUT2D eigenvalue weighted by molar-refractivity contribution is 7.92. The van der Waals surface area contributed by atoms with Gasteiger partial charge in [-0.15, -0.1) is 0 Å². The number of sulfonamides is 1. The Kier molecular flexibility index (Phi) is 7.65. The van der Waals surface area contributed by atoms with Crippen LogP contribution < -0.4 is 9.46 Å². The van der Waals surface area contributed by atoms with Gasteiger partial charge in [0, 0.05) is 57.6 Å². The average molecular weight is 548 g/mol. The molecule has 3 heterocycles. The number of rotatable bonds is 8. The van der Waals surface area contributed by atoms with Gasteiger partial charge in [0.05, 0.1) is 11.9 Å². The third-order valence-corrected chi connectivity index (χ3v) is 8.09. The second-order valence-electron chi connectivity index (χ2n) is 9.96. The van der Waals surface area contributed by atoms with Crippen molar-refractivity contribution >= 4 is 16.0 Å². The first-order valence-corrected chi connectivity index (χ1v) is 14.3. The molecule has 1 saturated heterocycles. The van der Waals surface area contributed by atoms with E-state index in [9.17, 15) is 8.42 Å². The predicted molar refractivity (Wildman–Crippen MR) is 150 cm³/mol. The zero-order valence-corrected chi connectivity index (χ0v) is 23.4. The first-order valence-electron chi connectivity index (χ1n) is 12.8. The SMILES string of the molecule is Cc1cccc(C)c1-c1cc(Oc2ccc(CN3CCN(C)CC3)cc2)nc(NS(=O)(=O)c2cnn(C)c2)n1. The Morgan fingerprint density at radius 2 is 1.64 bits per heavy atom. The lowest BCUT2D eigenvalue weighted by molar-refractivity contribution is 0.148. The van der Waals surface area contributed by atoms with Crippen molar-refractivity contribution < 1.29 is 13.2 Å². The van der Waals surface area contributed by atoms with Gasteiger partial charge in [0.15, 0.2) is 0 Å². The standard InChI is InChI=1S/C28H33N7O3S/c1-20-6-5-7-21(2)27(20)25-16-26(31-28(30-25)32-39(36,37)24-17-29-34(4)19-24)38-23-10-8-22(9-11-23)18-35-14-12-33(3)13-15-35/h5-11,16-17,19H,12-15,18H2,1-4H3,(H,30,31,32). The second-order valence-corrected chi connectivity index (χ2v) is 11.6. The highest BCUT2D eigenvalue weighted by Crippen LogP contribution is 2.31. The molecule has 5 rings (SSSR count). The van der Waals surface area contributed by atoms with Gasteiger partial charge in [-0.05, 0) is 49.7 Å². The second kappa shape index (κ2) is 11.1. The Hall–Kier alpha value is -3.80. The van der Waals surface area contributed by atoms with Crippen LogP contribution in [-0.2, 0) is 23.6 Å². The number of nitrogens with zero attached hydrogens (tertiary/aromatic N) is 6. The van der Waals surface area contributed by atoms with Gasteiger partial charge in [0.1, 0.15) is 10.6 Å². The fraction of sp³-hybridized carbons (Fsp3) is 0.321. The number of ether oxygens (including phenoxy) is 1. The van der Waals surface area contributed by atoms with Crippen molar-refractivity contribution in [2.75, 3.05) is 37.9 Å². The van der Waals surface area contributed by atoms with Crippen LogP contribution in [0, 0.1) is 13.8 Å². The van der Waals surface area contributed by atoms with Gasteiger partial charge in [-0.25, -0.2) is 18.1 Å². The third-order valence-electron chi connectivity index (χ3n) is 6.80. The Morgan fingerprint density at radius 1 is 0.949 bits per heavy atom. The molecule has 0 atom stereocenters. The summed E-state index contributed by atoms with van der Waals surface area (Å²) in [6.07, 6.45) is 2.69. The topological polar surface area (TPSA) is 105 Å². The van der Waals surface area contributed by atoms with Crippen LogP contribution >= 0.6 is 0 Å². The fourth-order valence-corrected chi connectivity index (χ4v) is 5.56. The van der Waals surface area contributed by atoms with E-state index in [1.165, 1.54) is 22.6 Å². The van der Waals surface area contributed by atoms with E-state index in [0.29, 0.717) is 11.4 Å². The zero-order valence-electron chi connectivity index (χ0n) is 22.6. The largest absolute Gasteiger partial charge is 0.439 e. The summed E-state index contributed by atoms with van der Waals surface area (Å²) < 4.78 is 36.0. The number of hydrogen-bond donors (Lipinski definition) is 1. The number of nitrogens with one attached hydrogen (secondary N) is 1. The monoisotopic (exact) mass is 547 g/mol. The Morgan fingerprint density at radius 3 is 2.28 bits per heavy atom. The third kappa shape index (κ3) is 6.44. The summed E-state index contributed by atoms with van der Waals surface area (Å²) in [4.78, 5) is 13.7. The molecule has 1 fully saturated rings. The van der Waals surface area contributed by atoms with Crippen LogP contribution in [0.15, 0.2) is 65.8 Å². The predicted octanol–water partition coefficient (Wildman–Crippen LogP) is 3.83. The minimum Gasteiger partial charge on any atom is -0.439 e. The van der Waals surface area contributed by atoms with Crippen LogP contribution in [0.25, 0.3) is 11.3 Å². The Balaban J connectivity index is 1.42. The summed E-state index contributed by atoms with van der Waals surface area (Å²) in [7, 11) is -0.143. The van der Waals surface area contributed by atoms with E-state index < -0.39 is 10.0 Å². The molecule has 39 heavy (non-hydrogen) atoms. The van der Waals surface area contributed by atoms with Crippen LogP contribution in [0.1, 0.15) is 16.7 Å². The maximum atomic E-state index is 13.0. The molecule has 0 unspecified atom stereocenters. The van der Waals surface area contributed by atoms with Crippen molar-refractivity contribution in [3.63, 3.8) is 0 Å². The van der Waals surface area contributed by atoms with Crippen molar-refractivity contribution in [3.8, 4) is 22.9 Å². The van der Waals surface area contributed by atoms with Gasteiger partial charge in [-0.2, -0.15) is 10.1 Å². The van der Waals surface area contributed by atoms with Gasteiger partial charge in [0.25, 0.3) is 10.0 Å². The molecule has 0 spiro atoms. The van der Waals surface area contributed by atoms with Crippen molar-refractivity contribution in [3.05, 3.63) is 77.6 Å². The van der Waals surface area contributed by atoms with E-state index in [2.05, 4.69) is 36.6 Å². The van der Waals surface area contributed by atoms with E-state index in [1.807, 2.05) is 56.3 Å². The molecule has 10 nitrogen and oxygen atoms in total. The van der Waals surface area contributed by atoms with Crippen molar-refractivity contribution in [2.24, 2.45) is 7.05 Å². The molecule has 2 aromatic carbocycles. The molecular weight excluding hydrogens is 514 g/mol. The van der Waals surface area contributed by atoms with Crippen molar-refractivity contribution in [1.82, 2.24) is 29.5 Å². The molecule has 11 heteroatoms. The Labute approximate surface area is 229 Å². The Bertz CT molecular complexity index is 1540. The number of piperazine rings is 1. The molecule has 2 aromatic heterocycles. The first kappa shape index (κ1) is 26.8. The summed E-state index contributed by atoms with van der Waals surface area (Å²) in [6.45, 7) is 9.11. The normalized spacial score (nSPS) is 14.9. The van der Waals surface area contributed by atoms with E-state index in [4.69, 9.17) is 4.74 Å². The van der Waals surface area contributed by atoms with Gasteiger partial charge in [-0.1, -0.05) is 30.3 Å². The number of aromatic nitrogens is 4. The maximum absolute atomic E-state index is 13.0. The summed E-state index contributed by atoms with van der Waals surface area (Å²) in [5.41, 5.74) is 4.68. The fourth-order valence-electron chi connectivity index (χ4n) is 4.63. The molecule has 0 radical (unpaired) electrons. The lowest BCUT2D eigenvalue weighted by Crippen LogP contribution is -2.43. The molecule has 0 amide bonds. The average Bonchev–Trinajstić information content (AvgIpc) is 3.34. The van der Waals surface area contributed by atoms with Gasteiger partial charge in [-0.3, -0.25) is 9.58 Å². The van der Waals surface area contributed by atoms with Gasteiger partial charge < -0.3 is 9.64 Å². The van der Waals surface area contributed by atoms with Crippen LogP contribution in [0.3, 0.4) is 0 Å². The minimum absolute atomic E-state index is 0.0180. The maximum Gasteiger partial charge on any atom is 0.267 e. The molecule has 1 aliphatic heterocycles. The van der Waals surface area contributed by atoms with Gasteiger partial charge >= 0.3 is 0 Å². The molecule has 0 saturated carbocycles. The highest BCUT2D eigenvalue weighted by Gasteiger charge is 2.20. The van der Waals surface area contributed by atoms with Crippen LogP contribution in [-0.4, -0.2) is 71.2 Å². The summed E-state index contributed by atoms with van der Waals surface area (Å²) in [5.74, 6) is 0.753. The lowest BCUT2D eigenvalue weighted by atomic mass is 10.00. The first-order chi connectivity index (χ1) is 18.7. The van der Waals surface area contributed by atoms with Crippen LogP contribution in [0.4, 0.5) is 5.95 Å². The molecule has 4 aromatic rings. The van der Waals surface area contributed by atoms with E-state index >= 15 is 0 Å². The van der Waals surface area contributed by atoms with Crippen LogP contribution in [0.5, 0.6) is 11.6 Å². The zero-order chi connectivity index (χ0) is 27.6. The van der Waals surface area contributed by atoms with Crippen LogP contribution in [0.2, 0.25) is 0 Å². The molecular formula is C28H33N7O3S. The lowest BCUT2D eigenvalue weighted by Gasteiger charge is -2.32. The van der Waals surface area contributed by atoms with E-state index in [-0.39, 0.29) is 16.7 Å². The molecule has 1 aliphatic rings. The van der Waals surface area contributed by atoms with Gasteiger partial charge in [0.2, 0.25) is 11.8 Å². The smallest absolute Gasteiger partial charge is 0.267 e. The number of benzene rings is 2. The summed E-state index contributed by atoms with van der Waals surface area (Å²) >= 11 is 0. The number of aryl methyl sites for hydroxylation is 3. The molecule has 0 bridgehead atoms. The molecule has 1 N–H and O–H groups in total. The number of anilines is 1. The van der Waals surface area contributed by atoms with Crippen molar-refractivity contribution in [1.29, 1.82) is 0 Å². The summed E-state index contributed by atoms with van der Waals surface area (Å²) in [5, 5.41) is 3.96. The minimum atomic E-state index is -3.95. The van der Waals surface area contributed by atoms with Crippen molar-refractivity contribution in [2.45, 2.75) is 25.3 Å².